The van der Waals surface area contributed by atoms with Crippen LogP contribution < -0.4 is 9.47 Å². The van der Waals surface area contributed by atoms with Gasteiger partial charge >= 0.3 is 5.97 Å². The Balaban J connectivity index is 1.79. The number of ether oxygens (including phenoxy) is 3. The summed E-state index contributed by atoms with van der Waals surface area (Å²) in [6.45, 7) is 3.63. The maximum absolute atomic E-state index is 12.5. The molecule has 134 valence electrons. The number of hydrogen-bond donors (Lipinski definition) is 0. The van der Waals surface area contributed by atoms with Gasteiger partial charge in [0.15, 0.2) is 11.9 Å². The molecule has 1 aliphatic heterocycles. The molecule has 1 aliphatic rings. The lowest BCUT2D eigenvalue weighted by atomic mass is 10.1. The molecule has 0 fully saturated rings. The number of hydrogen-bond acceptors (Lipinski definition) is 5. The number of carbonyl (C=O) groups is 2. The molecule has 0 saturated carbocycles. The first-order valence-corrected chi connectivity index (χ1v) is 8.94. The molecule has 5 nitrogen and oxygen atoms in total. The molecule has 0 aromatic heterocycles. The lowest BCUT2D eigenvalue weighted by molar-refractivity contribution is -0.150. The van der Waals surface area contributed by atoms with E-state index in [9.17, 15) is 9.59 Å². The van der Waals surface area contributed by atoms with Crippen LogP contribution in [0, 0.1) is 0 Å². The molecule has 2 aromatic carbocycles. The van der Waals surface area contributed by atoms with Gasteiger partial charge < -0.3 is 14.2 Å². The molecule has 6 heteroatoms. The van der Waals surface area contributed by atoms with Gasteiger partial charge in [0.05, 0.1) is 12.2 Å². The second-order valence-electron chi connectivity index (χ2n) is 5.66. The molecule has 0 spiro atoms. The number of allylic oxidation sites excluding steroid dienone is 1. The molecule has 3 rings (SSSR count). The SMILES string of the molecule is CCOC(=O)C(C)Oc1ccc2c(c1)OC(=Cc1cccc(Br)c1)C2=O. The Kier molecular flexibility index (Phi) is 5.42. The Labute approximate surface area is 159 Å². The molecule has 1 atom stereocenters. The minimum Gasteiger partial charge on any atom is -0.479 e. The summed E-state index contributed by atoms with van der Waals surface area (Å²) in [5.74, 6) is 0.449. The van der Waals surface area contributed by atoms with Crippen LogP contribution in [0.15, 0.2) is 52.7 Å². The van der Waals surface area contributed by atoms with Crippen LogP contribution in [0.3, 0.4) is 0 Å². The number of esters is 1. The number of rotatable bonds is 5. The molecule has 1 heterocycles. The Morgan fingerprint density at radius 3 is 2.81 bits per heavy atom. The Hall–Kier alpha value is -2.60. The van der Waals surface area contributed by atoms with E-state index in [4.69, 9.17) is 14.2 Å². The molecule has 0 N–H and O–H groups in total. The second kappa shape index (κ2) is 7.74. The smallest absolute Gasteiger partial charge is 0.347 e. The van der Waals surface area contributed by atoms with Crippen LogP contribution >= 0.6 is 15.9 Å². The number of benzene rings is 2. The summed E-state index contributed by atoms with van der Waals surface area (Å²) < 4.78 is 17.1. The summed E-state index contributed by atoms with van der Waals surface area (Å²) in [7, 11) is 0. The summed E-state index contributed by atoms with van der Waals surface area (Å²) in [6.07, 6.45) is 0.941. The van der Waals surface area contributed by atoms with E-state index in [0.717, 1.165) is 10.0 Å². The van der Waals surface area contributed by atoms with Gasteiger partial charge in [-0.1, -0.05) is 28.1 Å². The lowest BCUT2D eigenvalue weighted by Crippen LogP contribution is -2.26. The third kappa shape index (κ3) is 3.96. The highest BCUT2D eigenvalue weighted by Gasteiger charge is 2.28. The maximum Gasteiger partial charge on any atom is 0.347 e. The zero-order valence-electron chi connectivity index (χ0n) is 14.3. The summed E-state index contributed by atoms with van der Waals surface area (Å²) in [5.41, 5.74) is 1.31. The largest absolute Gasteiger partial charge is 0.479 e. The van der Waals surface area contributed by atoms with Gasteiger partial charge in [-0.25, -0.2) is 4.79 Å². The molecule has 2 aromatic rings. The molecule has 0 aliphatic carbocycles. The zero-order chi connectivity index (χ0) is 18.7. The zero-order valence-corrected chi connectivity index (χ0v) is 15.9. The number of halogens is 1. The van der Waals surface area contributed by atoms with E-state index in [1.807, 2.05) is 24.3 Å². The highest BCUT2D eigenvalue weighted by atomic mass is 79.9. The van der Waals surface area contributed by atoms with Gasteiger partial charge in [-0.15, -0.1) is 0 Å². The number of Topliss-reactive ketones (excluding diaryl/α,β-unsaturated/α-hetero) is 1. The first-order chi connectivity index (χ1) is 12.5. The summed E-state index contributed by atoms with van der Waals surface area (Å²) in [4.78, 5) is 24.2. The van der Waals surface area contributed by atoms with E-state index in [2.05, 4.69) is 15.9 Å². The minimum absolute atomic E-state index is 0.190. The monoisotopic (exact) mass is 416 g/mol. The van der Waals surface area contributed by atoms with Crippen LogP contribution in [0.25, 0.3) is 6.08 Å². The first-order valence-electron chi connectivity index (χ1n) is 8.15. The van der Waals surface area contributed by atoms with Crippen molar-refractivity contribution in [2.75, 3.05) is 6.61 Å². The summed E-state index contributed by atoms with van der Waals surface area (Å²) in [5, 5.41) is 0. The minimum atomic E-state index is -0.748. The van der Waals surface area contributed by atoms with Gasteiger partial charge in [0.2, 0.25) is 5.78 Å². The fourth-order valence-electron chi connectivity index (χ4n) is 2.50. The van der Waals surface area contributed by atoms with E-state index in [0.29, 0.717) is 17.1 Å². The molecule has 1 unspecified atom stereocenters. The normalized spacial score (nSPS) is 15.3. The Morgan fingerprint density at radius 2 is 2.08 bits per heavy atom. The molecular weight excluding hydrogens is 400 g/mol. The lowest BCUT2D eigenvalue weighted by Gasteiger charge is -2.13. The van der Waals surface area contributed by atoms with E-state index < -0.39 is 12.1 Å². The van der Waals surface area contributed by atoms with Crippen LogP contribution in [-0.2, 0) is 9.53 Å². The van der Waals surface area contributed by atoms with E-state index in [1.54, 1.807) is 38.1 Å². The third-order valence-electron chi connectivity index (χ3n) is 3.72. The molecule has 0 amide bonds. The van der Waals surface area contributed by atoms with Crippen LogP contribution in [0.2, 0.25) is 0 Å². The van der Waals surface area contributed by atoms with Crippen molar-refractivity contribution in [3.63, 3.8) is 0 Å². The predicted octanol–water partition coefficient (Wildman–Crippen LogP) is 4.40. The highest BCUT2D eigenvalue weighted by molar-refractivity contribution is 9.10. The van der Waals surface area contributed by atoms with Crippen molar-refractivity contribution in [3.8, 4) is 11.5 Å². The van der Waals surface area contributed by atoms with Gasteiger partial charge in [0.1, 0.15) is 11.5 Å². The van der Waals surface area contributed by atoms with Gasteiger partial charge in [-0.05, 0) is 49.8 Å². The van der Waals surface area contributed by atoms with Crippen LogP contribution in [0.1, 0.15) is 29.8 Å². The van der Waals surface area contributed by atoms with E-state index in [1.165, 1.54) is 0 Å². The number of fused-ring (bicyclic) bond motifs is 1. The van der Waals surface area contributed by atoms with Gasteiger partial charge in [0.25, 0.3) is 0 Å². The molecule has 26 heavy (non-hydrogen) atoms. The molecular formula is C20H17BrO5. The van der Waals surface area contributed by atoms with Crippen LogP contribution in [0.4, 0.5) is 0 Å². The van der Waals surface area contributed by atoms with Gasteiger partial charge in [-0.2, -0.15) is 0 Å². The Bertz CT molecular complexity index is 888. The average Bonchev–Trinajstić information content (AvgIpc) is 2.90. The molecule has 0 saturated heterocycles. The van der Waals surface area contributed by atoms with Crippen molar-refractivity contribution < 1.29 is 23.8 Å². The van der Waals surface area contributed by atoms with Crippen LogP contribution in [0.5, 0.6) is 11.5 Å². The molecule has 0 radical (unpaired) electrons. The van der Waals surface area contributed by atoms with Gasteiger partial charge in [-0.3, -0.25) is 4.79 Å². The quantitative estimate of drug-likeness (QED) is 0.533. The molecule has 0 bridgehead atoms. The third-order valence-corrected chi connectivity index (χ3v) is 4.21. The second-order valence-corrected chi connectivity index (χ2v) is 6.58. The summed E-state index contributed by atoms with van der Waals surface area (Å²) in [6, 6.07) is 12.4. The fraction of sp³-hybridized carbons (Fsp3) is 0.200. The van der Waals surface area contributed by atoms with E-state index in [-0.39, 0.29) is 18.1 Å². The van der Waals surface area contributed by atoms with Crippen molar-refractivity contribution >= 4 is 33.8 Å². The summed E-state index contributed by atoms with van der Waals surface area (Å²) >= 11 is 3.40. The first kappa shape index (κ1) is 18.2. The Morgan fingerprint density at radius 1 is 1.27 bits per heavy atom. The standard InChI is InChI=1S/C20H17BrO5/c1-3-24-20(23)12(2)25-15-7-8-16-17(11-15)26-18(19(16)22)10-13-5-4-6-14(21)9-13/h4-12H,3H2,1-2H3. The predicted molar refractivity (Wildman–Crippen MR) is 100 cm³/mol. The number of ketones is 1. The van der Waals surface area contributed by atoms with Crippen molar-refractivity contribution in [2.24, 2.45) is 0 Å². The van der Waals surface area contributed by atoms with Crippen LogP contribution in [-0.4, -0.2) is 24.5 Å². The van der Waals surface area contributed by atoms with E-state index >= 15 is 0 Å². The number of carbonyl (C=O) groups excluding carboxylic acids is 2. The average molecular weight is 417 g/mol. The topological polar surface area (TPSA) is 61.8 Å². The van der Waals surface area contributed by atoms with Crippen molar-refractivity contribution in [1.29, 1.82) is 0 Å². The maximum atomic E-state index is 12.5. The highest BCUT2D eigenvalue weighted by Crippen LogP contribution is 2.35. The van der Waals surface area contributed by atoms with Crippen molar-refractivity contribution in [1.82, 2.24) is 0 Å². The fourth-order valence-corrected chi connectivity index (χ4v) is 2.92. The van der Waals surface area contributed by atoms with Crippen molar-refractivity contribution in [3.05, 3.63) is 63.8 Å². The van der Waals surface area contributed by atoms with Crippen molar-refractivity contribution in [2.45, 2.75) is 20.0 Å². The van der Waals surface area contributed by atoms with Gasteiger partial charge in [0, 0.05) is 10.5 Å².